The van der Waals surface area contributed by atoms with Crippen molar-refractivity contribution in [1.29, 1.82) is 0 Å². The first kappa shape index (κ1) is 34.0. The summed E-state index contributed by atoms with van der Waals surface area (Å²) in [6.07, 6.45) is 0. The van der Waals surface area contributed by atoms with Gasteiger partial charge in [-0.05, 0) is 103 Å². The Morgan fingerprint density at radius 1 is 0.344 bits per heavy atom. The van der Waals surface area contributed by atoms with Crippen molar-refractivity contribution in [2.24, 2.45) is 0 Å². The Bertz CT molecular complexity index is 3460. The van der Waals surface area contributed by atoms with Crippen LogP contribution in [0.2, 0.25) is 0 Å². The Balaban J connectivity index is 1.06. The molecule has 0 bridgehead atoms. The zero-order chi connectivity index (χ0) is 40.1. The van der Waals surface area contributed by atoms with Crippen molar-refractivity contribution in [1.82, 2.24) is 0 Å². The van der Waals surface area contributed by atoms with E-state index in [2.05, 4.69) is 223 Å². The Morgan fingerprint density at radius 2 is 0.885 bits per heavy atom. The van der Waals surface area contributed by atoms with E-state index in [1.807, 2.05) is 6.07 Å². The molecule has 0 fully saturated rings. The molecule has 2 heteroatoms. The van der Waals surface area contributed by atoms with Gasteiger partial charge in [0.2, 0.25) is 0 Å². The molecular formula is C59H37NO. The molecule has 0 saturated carbocycles. The van der Waals surface area contributed by atoms with E-state index in [0.717, 1.165) is 50.1 Å². The second-order valence-electron chi connectivity index (χ2n) is 16.3. The maximum absolute atomic E-state index is 6.51. The first-order valence-electron chi connectivity index (χ1n) is 21.1. The first-order valence-corrected chi connectivity index (χ1v) is 21.1. The highest BCUT2D eigenvalue weighted by atomic mass is 16.3. The van der Waals surface area contributed by atoms with Gasteiger partial charge in [-0.3, -0.25) is 0 Å². The van der Waals surface area contributed by atoms with Crippen molar-refractivity contribution < 1.29 is 4.42 Å². The number of hydrogen-bond donors (Lipinski definition) is 0. The van der Waals surface area contributed by atoms with Crippen LogP contribution >= 0.6 is 0 Å². The molecule has 284 valence electrons. The van der Waals surface area contributed by atoms with Crippen molar-refractivity contribution in [3.8, 4) is 44.5 Å². The molecule has 0 unspecified atom stereocenters. The molecule has 1 aromatic heterocycles. The van der Waals surface area contributed by atoms with Crippen LogP contribution < -0.4 is 4.90 Å². The summed E-state index contributed by atoms with van der Waals surface area (Å²) in [5.74, 6) is 0. The predicted molar refractivity (Wildman–Crippen MR) is 253 cm³/mol. The third kappa shape index (κ3) is 4.79. The van der Waals surface area contributed by atoms with Gasteiger partial charge in [0.1, 0.15) is 11.2 Å². The fraction of sp³-hybridized carbons (Fsp3) is 0.0169. The molecule has 0 spiro atoms. The lowest BCUT2D eigenvalue weighted by molar-refractivity contribution is 0.670. The first-order chi connectivity index (χ1) is 30.3. The number of rotatable bonds is 6. The van der Waals surface area contributed by atoms with Crippen LogP contribution in [0.15, 0.2) is 229 Å². The van der Waals surface area contributed by atoms with E-state index in [-0.39, 0.29) is 0 Å². The van der Waals surface area contributed by atoms with Crippen molar-refractivity contribution in [2.75, 3.05) is 4.90 Å². The molecular weight excluding hydrogens is 739 g/mol. The van der Waals surface area contributed by atoms with Gasteiger partial charge in [0, 0.05) is 33.1 Å². The maximum Gasteiger partial charge on any atom is 0.143 e. The van der Waals surface area contributed by atoms with Gasteiger partial charge in [-0.25, -0.2) is 0 Å². The monoisotopic (exact) mass is 775 g/mol. The van der Waals surface area contributed by atoms with Crippen LogP contribution in [-0.2, 0) is 5.41 Å². The van der Waals surface area contributed by atoms with Gasteiger partial charge >= 0.3 is 0 Å². The van der Waals surface area contributed by atoms with Gasteiger partial charge in [0.05, 0.1) is 11.1 Å². The zero-order valence-corrected chi connectivity index (χ0v) is 33.2. The van der Waals surface area contributed by atoms with Crippen LogP contribution in [0.3, 0.4) is 0 Å². The van der Waals surface area contributed by atoms with Crippen LogP contribution in [0.5, 0.6) is 0 Å². The molecule has 2 nitrogen and oxygen atoms in total. The minimum Gasteiger partial charge on any atom is -0.455 e. The number of para-hydroxylation sites is 2. The Morgan fingerprint density at radius 3 is 1.64 bits per heavy atom. The van der Waals surface area contributed by atoms with E-state index in [1.165, 1.54) is 66.4 Å². The molecule has 61 heavy (non-hydrogen) atoms. The molecule has 0 aliphatic heterocycles. The quantitative estimate of drug-likeness (QED) is 0.167. The Labute approximate surface area is 354 Å². The van der Waals surface area contributed by atoms with Gasteiger partial charge < -0.3 is 9.32 Å². The summed E-state index contributed by atoms with van der Waals surface area (Å²) in [4.78, 5) is 2.47. The molecule has 13 rings (SSSR count). The van der Waals surface area contributed by atoms with E-state index in [9.17, 15) is 0 Å². The predicted octanol–water partition coefficient (Wildman–Crippen LogP) is 15.9. The number of hydrogen-bond acceptors (Lipinski definition) is 2. The molecule has 0 atom stereocenters. The summed E-state index contributed by atoms with van der Waals surface area (Å²) in [5.41, 5.74) is 19.6. The lowest BCUT2D eigenvalue weighted by Crippen LogP contribution is -2.28. The van der Waals surface area contributed by atoms with E-state index in [4.69, 9.17) is 4.42 Å². The van der Waals surface area contributed by atoms with Crippen LogP contribution in [0.1, 0.15) is 22.3 Å². The Hall–Kier alpha value is -7.94. The van der Waals surface area contributed by atoms with Gasteiger partial charge in [-0.1, -0.05) is 188 Å². The summed E-state index contributed by atoms with van der Waals surface area (Å²) in [7, 11) is 0. The molecule has 0 saturated heterocycles. The van der Waals surface area contributed by atoms with E-state index >= 15 is 0 Å². The lowest BCUT2D eigenvalue weighted by Gasteiger charge is -2.35. The summed E-state index contributed by atoms with van der Waals surface area (Å²) in [6, 6.07) is 82.4. The SMILES string of the molecule is c1ccc(C2(c3ccccc3)c3ccccc3-c3ccc(N(c4ccc(-c5cccc6c5oc5ccccc56)cc4)c4ccc5c6c(cccc46)-c4ccccc4-5)cc32)cc1. The van der Waals surface area contributed by atoms with E-state index in [1.54, 1.807) is 0 Å². The molecule has 10 aromatic carbocycles. The fourth-order valence-electron chi connectivity index (χ4n) is 10.8. The third-order valence-corrected chi connectivity index (χ3v) is 13.3. The minimum absolute atomic E-state index is 0.519. The maximum atomic E-state index is 6.51. The number of benzene rings is 10. The second kappa shape index (κ2) is 13.0. The lowest BCUT2D eigenvalue weighted by atomic mass is 9.67. The van der Waals surface area contributed by atoms with Crippen molar-refractivity contribution in [2.45, 2.75) is 5.41 Å². The smallest absolute Gasteiger partial charge is 0.143 e. The van der Waals surface area contributed by atoms with Gasteiger partial charge in [-0.2, -0.15) is 0 Å². The van der Waals surface area contributed by atoms with Crippen LogP contribution in [0, 0.1) is 0 Å². The third-order valence-electron chi connectivity index (χ3n) is 13.3. The average Bonchev–Trinajstić information content (AvgIpc) is 3.98. The summed E-state index contributed by atoms with van der Waals surface area (Å²) < 4.78 is 6.51. The van der Waals surface area contributed by atoms with Crippen molar-refractivity contribution >= 4 is 49.8 Å². The normalized spacial score (nSPS) is 13.0. The molecule has 0 radical (unpaired) electrons. The van der Waals surface area contributed by atoms with E-state index in [0.29, 0.717) is 0 Å². The van der Waals surface area contributed by atoms with Gasteiger partial charge in [0.25, 0.3) is 0 Å². The van der Waals surface area contributed by atoms with Crippen molar-refractivity contribution in [3.63, 3.8) is 0 Å². The van der Waals surface area contributed by atoms with Gasteiger partial charge in [-0.15, -0.1) is 0 Å². The largest absolute Gasteiger partial charge is 0.455 e. The summed E-state index contributed by atoms with van der Waals surface area (Å²) in [5, 5.41) is 4.80. The topological polar surface area (TPSA) is 16.4 Å². The number of fused-ring (bicyclic) bond motifs is 9. The Kier molecular flexibility index (Phi) is 7.26. The standard InChI is InChI=1S/C59H37NO/c1-3-15-39(16-4-1)59(40-17-5-2-6-18-40)53-27-11-9-21-46(53)47-34-33-42(37-54(47)59)60(55-36-35-50-45-20-8-7-19-44(45)49-24-14-26-52(55)57(49)50)41-31-29-38(30-32-41)43-23-13-25-51-48-22-10-12-28-56(48)61-58(43)51/h1-37H. The van der Waals surface area contributed by atoms with Crippen molar-refractivity contribution in [3.05, 3.63) is 247 Å². The van der Waals surface area contributed by atoms with Crippen LogP contribution in [0.25, 0.3) is 77.2 Å². The highest BCUT2D eigenvalue weighted by molar-refractivity contribution is 6.19. The number of nitrogens with zero attached hydrogens (tertiary/aromatic N) is 1. The van der Waals surface area contributed by atoms with E-state index < -0.39 is 5.41 Å². The molecule has 0 amide bonds. The van der Waals surface area contributed by atoms with Crippen LogP contribution in [0.4, 0.5) is 17.1 Å². The van der Waals surface area contributed by atoms with Gasteiger partial charge in [0.15, 0.2) is 0 Å². The number of furan rings is 1. The molecule has 1 heterocycles. The second-order valence-corrected chi connectivity index (χ2v) is 16.3. The highest BCUT2D eigenvalue weighted by Crippen LogP contribution is 2.58. The molecule has 0 N–H and O–H groups in total. The molecule has 11 aromatic rings. The average molecular weight is 776 g/mol. The number of anilines is 3. The fourth-order valence-corrected chi connectivity index (χ4v) is 10.8. The summed E-state index contributed by atoms with van der Waals surface area (Å²) >= 11 is 0. The minimum atomic E-state index is -0.519. The summed E-state index contributed by atoms with van der Waals surface area (Å²) in [6.45, 7) is 0. The zero-order valence-electron chi connectivity index (χ0n) is 33.2. The molecule has 2 aliphatic carbocycles. The molecule has 2 aliphatic rings. The highest BCUT2D eigenvalue weighted by Gasteiger charge is 2.46. The van der Waals surface area contributed by atoms with Crippen LogP contribution in [-0.4, -0.2) is 0 Å².